The van der Waals surface area contributed by atoms with E-state index in [4.69, 9.17) is 5.11 Å². The molecule has 0 aliphatic carbocycles. The van der Waals surface area contributed by atoms with Gasteiger partial charge in [-0.05, 0) is 17.0 Å². The van der Waals surface area contributed by atoms with E-state index in [0.717, 1.165) is 12.0 Å². The molecular weight excluding hydrogens is 142 g/mol. The summed E-state index contributed by atoms with van der Waals surface area (Å²) in [6, 6.07) is 0. The van der Waals surface area contributed by atoms with Gasteiger partial charge in [-0.15, -0.1) is 0 Å². The van der Waals surface area contributed by atoms with Gasteiger partial charge in [-0.2, -0.15) is 0 Å². The molecule has 0 unspecified atom stereocenters. The number of rotatable bonds is 1. The fourth-order valence-corrected chi connectivity index (χ4v) is 0.943. The second kappa shape index (κ2) is 2.57. The predicted octanol–water partition coefficient (Wildman–Crippen LogP) is 1.97. The molecule has 0 radical (unpaired) electrons. The monoisotopic (exact) mass is 155 g/mol. The highest BCUT2D eigenvalue weighted by molar-refractivity contribution is 5.20. The third kappa shape index (κ3) is 2.26. The predicted molar refractivity (Wildman–Crippen MR) is 41.3 cm³/mol. The van der Waals surface area contributed by atoms with Crippen molar-refractivity contribution in [1.29, 1.82) is 0 Å². The van der Waals surface area contributed by atoms with E-state index in [-0.39, 0.29) is 11.3 Å². The molecule has 11 heavy (non-hydrogen) atoms. The van der Waals surface area contributed by atoms with E-state index >= 15 is 0 Å². The molecule has 1 N–H and O–H groups in total. The van der Waals surface area contributed by atoms with E-state index in [0.29, 0.717) is 0 Å². The molecule has 0 saturated carbocycles. The summed E-state index contributed by atoms with van der Waals surface area (Å²) in [5.41, 5.74) is 0.931. The van der Waals surface area contributed by atoms with Gasteiger partial charge in [0.1, 0.15) is 6.26 Å². The number of hydrogen-bond donors (Lipinski definition) is 1. The first-order valence-electron chi connectivity index (χ1n) is 3.61. The second-order valence-corrected chi connectivity index (χ2v) is 3.90. The van der Waals surface area contributed by atoms with Crippen molar-refractivity contribution in [2.45, 2.75) is 27.2 Å². The van der Waals surface area contributed by atoms with E-state index in [1.54, 1.807) is 0 Å². The van der Waals surface area contributed by atoms with Gasteiger partial charge in [0, 0.05) is 0 Å². The van der Waals surface area contributed by atoms with Crippen LogP contribution in [0.5, 0.6) is 5.88 Å². The zero-order valence-electron chi connectivity index (χ0n) is 7.09. The van der Waals surface area contributed by atoms with E-state index < -0.39 is 0 Å². The molecule has 3 nitrogen and oxygen atoms in total. The van der Waals surface area contributed by atoms with Crippen LogP contribution in [0.1, 0.15) is 26.3 Å². The summed E-state index contributed by atoms with van der Waals surface area (Å²) >= 11 is 0. The van der Waals surface area contributed by atoms with Crippen LogP contribution in [0, 0.1) is 5.41 Å². The molecule has 0 bridgehead atoms. The van der Waals surface area contributed by atoms with Crippen molar-refractivity contribution >= 4 is 0 Å². The topological polar surface area (TPSA) is 46.3 Å². The molecule has 0 aliphatic rings. The average Bonchev–Trinajstić information content (AvgIpc) is 2.12. The maximum absolute atomic E-state index is 9.11. The molecule has 1 heterocycles. The molecule has 0 amide bonds. The highest BCUT2D eigenvalue weighted by Gasteiger charge is 2.15. The van der Waals surface area contributed by atoms with Gasteiger partial charge in [0.2, 0.25) is 0 Å². The summed E-state index contributed by atoms with van der Waals surface area (Å²) in [7, 11) is 0. The van der Waals surface area contributed by atoms with Gasteiger partial charge in [-0.3, -0.25) is 0 Å². The summed E-state index contributed by atoms with van der Waals surface area (Å²) in [5, 5.41) is 12.5. The molecule has 62 valence electrons. The number of hydrogen-bond acceptors (Lipinski definition) is 3. The van der Waals surface area contributed by atoms with Crippen LogP contribution in [0.15, 0.2) is 10.8 Å². The molecule has 0 fully saturated rings. The standard InChI is InChI=1S/C8H13NO2/c1-8(2,3)4-6-5-11-9-7(6)10/h5H,4H2,1-3H3,(H,9,10). The maximum Gasteiger partial charge on any atom is 0.254 e. The lowest BCUT2D eigenvalue weighted by molar-refractivity contribution is 0.357. The quantitative estimate of drug-likeness (QED) is 0.674. The Morgan fingerprint density at radius 2 is 2.18 bits per heavy atom. The highest BCUT2D eigenvalue weighted by atomic mass is 16.5. The van der Waals surface area contributed by atoms with Crippen LogP contribution < -0.4 is 0 Å². The molecule has 1 aromatic rings. The largest absolute Gasteiger partial charge is 0.491 e. The first-order chi connectivity index (χ1) is 4.99. The molecule has 0 aliphatic heterocycles. The molecule has 3 heteroatoms. The smallest absolute Gasteiger partial charge is 0.254 e. The molecule has 1 aromatic heterocycles. The molecular formula is C8H13NO2. The summed E-state index contributed by atoms with van der Waals surface area (Å²) in [6.07, 6.45) is 2.27. The lowest BCUT2D eigenvalue weighted by Crippen LogP contribution is -2.08. The molecule has 0 atom stereocenters. The van der Waals surface area contributed by atoms with Crippen molar-refractivity contribution in [3.63, 3.8) is 0 Å². The van der Waals surface area contributed by atoms with Gasteiger partial charge >= 0.3 is 0 Å². The average molecular weight is 155 g/mol. The molecule has 0 aromatic carbocycles. The van der Waals surface area contributed by atoms with E-state index in [9.17, 15) is 0 Å². The van der Waals surface area contributed by atoms with E-state index in [1.807, 2.05) is 0 Å². The Morgan fingerprint density at radius 3 is 2.55 bits per heavy atom. The van der Waals surface area contributed by atoms with E-state index in [2.05, 4.69) is 30.5 Å². The third-order valence-corrected chi connectivity index (χ3v) is 1.34. The zero-order valence-corrected chi connectivity index (χ0v) is 7.09. The summed E-state index contributed by atoms with van der Waals surface area (Å²) in [5.74, 6) is 0.0138. The Bertz CT molecular complexity index is 234. The van der Waals surface area contributed by atoms with Crippen LogP contribution in [-0.2, 0) is 6.42 Å². The van der Waals surface area contributed by atoms with Gasteiger partial charge in [0.25, 0.3) is 5.88 Å². The van der Waals surface area contributed by atoms with Crippen molar-refractivity contribution in [1.82, 2.24) is 5.16 Å². The minimum absolute atomic E-state index is 0.0138. The van der Waals surface area contributed by atoms with Gasteiger partial charge < -0.3 is 9.63 Å². The number of aromatic nitrogens is 1. The summed E-state index contributed by atoms with van der Waals surface area (Å²) < 4.78 is 4.59. The van der Waals surface area contributed by atoms with Crippen LogP contribution in [0.3, 0.4) is 0 Å². The normalized spacial score (nSPS) is 11.9. The van der Waals surface area contributed by atoms with Gasteiger partial charge in [0.15, 0.2) is 0 Å². The minimum Gasteiger partial charge on any atom is -0.491 e. The van der Waals surface area contributed by atoms with Crippen LogP contribution >= 0.6 is 0 Å². The van der Waals surface area contributed by atoms with Gasteiger partial charge in [-0.25, -0.2) is 0 Å². The SMILES string of the molecule is CC(C)(C)Cc1conc1O. The summed E-state index contributed by atoms with van der Waals surface area (Å²) in [4.78, 5) is 0. The highest BCUT2D eigenvalue weighted by Crippen LogP contribution is 2.25. The molecule has 0 saturated heterocycles. The third-order valence-electron chi connectivity index (χ3n) is 1.34. The Hall–Kier alpha value is -0.990. The lowest BCUT2D eigenvalue weighted by Gasteiger charge is -2.15. The molecule has 0 spiro atoms. The van der Waals surface area contributed by atoms with Crippen molar-refractivity contribution in [2.75, 3.05) is 0 Å². The number of nitrogens with zero attached hydrogens (tertiary/aromatic N) is 1. The van der Waals surface area contributed by atoms with Crippen LogP contribution in [0.25, 0.3) is 0 Å². The Balaban J connectivity index is 2.72. The first-order valence-corrected chi connectivity index (χ1v) is 3.61. The second-order valence-electron chi connectivity index (χ2n) is 3.90. The summed E-state index contributed by atoms with van der Waals surface area (Å²) in [6.45, 7) is 6.29. The Morgan fingerprint density at radius 1 is 1.55 bits per heavy atom. The lowest BCUT2D eigenvalue weighted by atomic mass is 9.89. The minimum atomic E-state index is 0.0138. The van der Waals surface area contributed by atoms with Crippen molar-refractivity contribution < 1.29 is 9.63 Å². The van der Waals surface area contributed by atoms with Crippen molar-refractivity contribution in [3.8, 4) is 5.88 Å². The fraction of sp³-hybridized carbons (Fsp3) is 0.625. The fourth-order valence-electron chi connectivity index (χ4n) is 0.943. The van der Waals surface area contributed by atoms with Crippen LogP contribution in [0.4, 0.5) is 0 Å². The van der Waals surface area contributed by atoms with Crippen LogP contribution in [-0.4, -0.2) is 10.3 Å². The van der Waals surface area contributed by atoms with E-state index in [1.165, 1.54) is 6.26 Å². The van der Waals surface area contributed by atoms with Crippen molar-refractivity contribution in [3.05, 3.63) is 11.8 Å². The van der Waals surface area contributed by atoms with Crippen LogP contribution in [0.2, 0.25) is 0 Å². The maximum atomic E-state index is 9.11. The van der Waals surface area contributed by atoms with Gasteiger partial charge in [0.05, 0.1) is 5.56 Å². The molecule has 1 rings (SSSR count). The van der Waals surface area contributed by atoms with Crippen molar-refractivity contribution in [2.24, 2.45) is 5.41 Å². The Labute approximate surface area is 66.0 Å². The van der Waals surface area contributed by atoms with Gasteiger partial charge in [-0.1, -0.05) is 20.8 Å². The Kier molecular flexibility index (Phi) is 1.89. The zero-order chi connectivity index (χ0) is 8.48. The first kappa shape index (κ1) is 8.11. The number of aromatic hydroxyl groups is 1.